The Balaban J connectivity index is 0.000000708. The molecule has 5 aromatic rings. The molecule has 0 heterocycles. The molecule has 0 unspecified atom stereocenters. The van der Waals surface area contributed by atoms with Crippen LogP contribution in [-0.4, -0.2) is 0 Å². The predicted molar refractivity (Wildman–Crippen MR) is 200 cm³/mol. The monoisotopic (exact) mass is 588 g/mol. The van der Waals surface area contributed by atoms with Crippen molar-refractivity contribution in [3.63, 3.8) is 0 Å². The molecule has 0 aromatic heterocycles. The third-order valence-corrected chi connectivity index (χ3v) is 7.70. The van der Waals surface area contributed by atoms with Crippen LogP contribution >= 0.6 is 0 Å². The summed E-state index contributed by atoms with van der Waals surface area (Å²) in [5, 5.41) is 0. The molecular formula is C44H60. The average Bonchev–Trinajstić information content (AvgIpc) is 2.94. The van der Waals surface area contributed by atoms with Crippen molar-refractivity contribution in [3.05, 3.63) is 177 Å². The highest BCUT2D eigenvalue weighted by Crippen LogP contribution is 2.38. The second kappa shape index (κ2) is 18.0. The van der Waals surface area contributed by atoms with Gasteiger partial charge in [-0.2, -0.15) is 0 Å². The van der Waals surface area contributed by atoms with E-state index in [1.165, 1.54) is 50.1 Å². The van der Waals surface area contributed by atoms with Crippen LogP contribution in [0, 0.1) is 34.6 Å². The van der Waals surface area contributed by atoms with E-state index < -0.39 is 0 Å². The van der Waals surface area contributed by atoms with E-state index in [9.17, 15) is 0 Å². The first kappa shape index (κ1) is 40.1. The Bertz CT molecular complexity index is 1400. The van der Waals surface area contributed by atoms with E-state index in [4.69, 9.17) is 0 Å². The van der Waals surface area contributed by atoms with Crippen molar-refractivity contribution in [1.29, 1.82) is 0 Å². The van der Waals surface area contributed by atoms with Gasteiger partial charge >= 0.3 is 0 Å². The van der Waals surface area contributed by atoms with Gasteiger partial charge in [0.25, 0.3) is 0 Å². The molecule has 0 aliphatic rings. The molecule has 44 heavy (non-hydrogen) atoms. The van der Waals surface area contributed by atoms with E-state index in [-0.39, 0.29) is 33.1 Å². The van der Waals surface area contributed by atoms with Gasteiger partial charge in [0.15, 0.2) is 0 Å². The number of hydrogen-bond donors (Lipinski definition) is 0. The lowest BCUT2D eigenvalue weighted by atomic mass is 9.71. The second-order valence-electron chi connectivity index (χ2n) is 12.5. The summed E-state index contributed by atoms with van der Waals surface area (Å²) >= 11 is 0. The molecular weight excluding hydrogens is 528 g/mol. The number of benzene rings is 5. The van der Waals surface area contributed by atoms with E-state index in [2.05, 4.69) is 190 Å². The van der Waals surface area contributed by atoms with E-state index in [0.29, 0.717) is 0 Å². The van der Waals surface area contributed by atoms with Crippen LogP contribution in [0.25, 0.3) is 0 Å². The lowest BCUT2D eigenvalue weighted by Gasteiger charge is -2.32. The fourth-order valence-electron chi connectivity index (χ4n) is 4.91. The van der Waals surface area contributed by atoms with Crippen LogP contribution in [0.15, 0.2) is 127 Å². The highest BCUT2D eigenvalue weighted by atomic mass is 14.3. The van der Waals surface area contributed by atoms with E-state index in [1.54, 1.807) is 0 Å². The zero-order valence-electron chi connectivity index (χ0n) is 26.6. The van der Waals surface area contributed by atoms with Gasteiger partial charge in [0.05, 0.1) is 0 Å². The van der Waals surface area contributed by atoms with Crippen molar-refractivity contribution in [2.24, 2.45) is 0 Å². The Labute approximate surface area is 272 Å². The smallest absolute Gasteiger partial charge is 0.0423 e. The molecule has 0 saturated carbocycles. The molecule has 0 aliphatic heterocycles. The molecule has 0 bridgehead atoms. The van der Waals surface area contributed by atoms with Crippen molar-refractivity contribution >= 4 is 0 Å². The van der Waals surface area contributed by atoms with Gasteiger partial charge in [-0.05, 0) is 69.2 Å². The summed E-state index contributed by atoms with van der Waals surface area (Å²) in [6.07, 6.45) is 0. The van der Waals surface area contributed by atoms with E-state index in [1.807, 2.05) is 0 Å². The lowest BCUT2D eigenvalue weighted by molar-refractivity contribution is 0.590. The molecule has 0 saturated heterocycles. The molecule has 0 N–H and O–H groups in total. The van der Waals surface area contributed by atoms with Crippen molar-refractivity contribution in [2.45, 2.75) is 95.4 Å². The van der Waals surface area contributed by atoms with Gasteiger partial charge in [0.2, 0.25) is 0 Å². The van der Waals surface area contributed by atoms with Crippen molar-refractivity contribution in [3.8, 4) is 0 Å². The maximum absolute atomic E-state index is 2.32. The standard InChI is InChI=1S/C22H22.C11H16.C8H10.3CH4/c1-17-9-13-20(14-10-17)22(3,19-7-5-4-6-8-19)21-15-11-18(2)12-16-21;1-9-5-7-10(8-6-9)11(2,3)4;1-7-4-3-5-8(2)6-7;;;/h4-16H,1-3H3;5-8H,1-4H3;3-6H,1-2H3;3*1H4. The topological polar surface area (TPSA) is 0 Å². The third kappa shape index (κ3) is 11.3. The van der Waals surface area contributed by atoms with Gasteiger partial charge in [0, 0.05) is 5.41 Å². The summed E-state index contributed by atoms with van der Waals surface area (Å²) in [6.45, 7) is 19.6. The minimum atomic E-state index is -0.136. The summed E-state index contributed by atoms with van der Waals surface area (Å²) < 4.78 is 0. The first-order valence-electron chi connectivity index (χ1n) is 14.7. The molecule has 236 valence electrons. The number of hydrogen-bond acceptors (Lipinski definition) is 0. The van der Waals surface area contributed by atoms with Crippen LogP contribution < -0.4 is 0 Å². The molecule has 5 rings (SSSR count). The molecule has 0 radical (unpaired) electrons. The van der Waals surface area contributed by atoms with Gasteiger partial charge < -0.3 is 0 Å². The van der Waals surface area contributed by atoms with Gasteiger partial charge in [-0.25, -0.2) is 0 Å². The van der Waals surface area contributed by atoms with Gasteiger partial charge in [-0.1, -0.05) is 198 Å². The zero-order valence-corrected chi connectivity index (χ0v) is 26.6. The molecule has 0 amide bonds. The Morgan fingerprint density at radius 1 is 0.318 bits per heavy atom. The Morgan fingerprint density at radius 3 is 0.932 bits per heavy atom. The lowest BCUT2D eigenvalue weighted by Crippen LogP contribution is -2.25. The summed E-state index contributed by atoms with van der Waals surface area (Å²) in [7, 11) is 0. The molecule has 0 fully saturated rings. The molecule has 0 atom stereocenters. The normalized spacial score (nSPS) is 10.3. The maximum Gasteiger partial charge on any atom is 0.0423 e. The van der Waals surface area contributed by atoms with Crippen LogP contribution in [0.1, 0.15) is 100 Å². The quantitative estimate of drug-likeness (QED) is 0.184. The van der Waals surface area contributed by atoms with Gasteiger partial charge in [-0.15, -0.1) is 0 Å². The van der Waals surface area contributed by atoms with Crippen molar-refractivity contribution in [2.75, 3.05) is 0 Å². The SMILES string of the molecule is C.C.C.Cc1ccc(C(C)(C)C)cc1.Cc1ccc(C(C)(c2ccccc2)c2ccc(C)cc2)cc1.Cc1cccc(C)c1. The summed E-state index contributed by atoms with van der Waals surface area (Å²) in [5.74, 6) is 0. The zero-order chi connectivity index (χ0) is 30.0. The minimum Gasteiger partial charge on any atom is -0.0776 e. The Morgan fingerprint density at radius 2 is 0.636 bits per heavy atom. The number of rotatable bonds is 3. The fraction of sp³-hybridized carbons (Fsp3) is 0.318. The molecule has 0 aliphatic carbocycles. The van der Waals surface area contributed by atoms with Crippen LogP contribution in [0.5, 0.6) is 0 Å². The van der Waals surface area contributed by atoms with Gasteiger partial charge in [-0.3, -0.25) is 0 Å². The van der Waals surface area contributed by atoms with Crippen molar-refractivity contribution in [1.82, 2.24) is 0 Å². The van der Waals surface area contributed by atoms with Crippen LogP contribution in [-0.2, 0) is 10.8 Å². The minimum absolute atomic E-state index is 0. The van der Waals surface area contributed by atoms with Crippen LogP contribution in [0.4, 0.5) is 0 Å². The predicted octanol–water partition coefficient (Wildman–Crippen LogP) is 13.2. The summed E-state index contributed by atoms with van der Waals surface area (Å²) in [6, 6.07) is 45.8. The summed E-state index contributed by atoms with van der Waals surface area (Å²) in [4.78, 5) is 0. The highest BCUT2D eigenvalue weighted by Gasteiger charge is 2.30. The van der Waals surface area contributed by atoms with E-state index >= 15 is 0 Å². The summed E-state index contributed by atoms with van der Waals surface area (Å²) in [5.41, 5.74) is 12.1. The fourth-order valence-corrected chi connectivity index (χ4v) is 4.91. The average molecular weight is 589 g/mol. The maximum atomic E-state index is 2.32. The van der Waals surface area contributed by atoms with E-state index in [0.717, 1.165) is 0 Å². The molecule has 0 spiro atoms. The molecule has 0 nitrogen and oxygen atoms in total. The highest BCUT2D eigenvalue weighted by molar-refractivity contribution is 5.50. The first-order valence-corrected chi connectivity index (χ1v) is 14.7. The second-order valence-corrected chi connectivity index (χ2v) is 12.5. The third-order valence-electron chi connectivity index (χ3n) is 7.70. The van der Waals surface area contributed by atoms with Crippen LogP contribution in [0.2, 0.25) is 0 Å². The van der Waals surface area contributed by atoms with Crippen LogP contribution in [0.3, 0.4) is 0 Å². The first-order chi connectivity index (χ1) is 19.4. The Kier molecular flexibility index (Phi) is 16.4. The largest absolute Gasteiger partial charge is 0.0776 e. The Hall–Kier alpha value is -3.90. The van der Waals surface area contributed by atoms with Gasteiger partial charge in [0.1, 0.15) is 0 Å². The molecule has 5 aromatic carbocycles. The van der Waals surface area contributed by atoms with Crippen molar-refractivity contribution < 1.29 is 0 Å². The number of aryl methyl sites for hydroxylation is 5. The molecule has 0 heteroatoms.